The number of hydrogen-bond donors (Lipinski definition) is 1. The second-order valence-electron chi connectivity index (χ2n) is 4.89. The maximum atomic E-state index is 5.75. The molecular formula is C17H23NO2. The fraction of sp³-hybridized carbons (Fsp3) is 0.412. The van der Waals surface area contributed by atoms with E-state index in [1.165, 1.54) is 18.4 Å². The van der Waals surface area contributed by atoms with Gasteiger partial charge in [-0.05, 0) is 36.2 Å². The highest BCUT2D eigenvalue weighted by Crippen LogP contribution is 2.14. The molecule has 0 atom stereocenters. The largest absolute Gasteiger partial charge is 0.494 e. The predicted molar refractivity (Wildman–Crippen MR) is 80.7 cm³/mol. The number of rotatable bonds is 9. The molecule has 1 heterocycles. The van der Waals surface area contributed by atoms with Gasteiger partial charge in [-0.3, -0.25) is 0 Å². The van der Waals surface area contributed by atoms with E-state index in [1.807, 2.05) is 24.3 Å². The van der Waals surface area contributed by atoms with Gasteiger partial charge in [0, 0.05) is 6.54 Å². The molecule has 0 unspecified atom stereocenters. The highest BCUT2D eigenvalue weighted by molar-refractivity contribution is 5.28. The van der Waals surface area contributed by atoms with E-state index in [4.69, 9.17) is 9.15 Å². The molecule has 2 aromatic rings. The van der Waals surface area contributed by atoms with Crippen molar-refractivity contribution in [1.29, 1.82) is 0 Å². The smallest absolute Gasteiger partial charge is 0.119 e. The number of hydrogen-bond acceptors (Lipinski definition) is 3. The molecule has 1 N–H and O–H groups in total. The average molecular weight is 273 g/mol. The lowest BCUT2D eigenvalue weighted by molar-refractivity contribution is 0.306. The second kappa shape index (κ2) is 8.43. The molecule has 0 aliphatic carbocycles. The van der Waals surface area contributed by atoms with E-state index < -0.39 is 0 Å². The minimum Gasteiger partial charge on any atom is -0.494 e. The van der Waals surface area contributed by atoms with Crippen molar-refractivity contribution in [3.63, 3.8) is 0 Å². The van der Waals surface area contributed by atoms with Crippen LogP contribution in [0.25, 0.3) is 0 Å². The Labute approximate surface area is 121 Å². The minimum atomic E-state index is 0.745. The molecule has 108 valence electrons. The van der Waals surface area contributed by atoms with E-state index in [9.17, 15) is 0 Å². The van der Waals surface area contributed by atoms with Crippen LogP contribution < -0.4 is 10.1 Å². The van der Waals surface area contributed by atoms with Crippen LogP contribution in [0.5, 0.6) is 5.75 Å². The van der Waals surface area contributed by atoms with Crippen molar-refractivity contribution < 1.29 is 9.15 Å². The molecular weight excluding hydrogens is 250 g/mol. The summed E-state index contributed by atoms with van der Waals surface area (Å²) in [6, 6.07) is 12.1. The molecule has 0 saturated carbocycles. The average Bonchev–Trinajstić information content (AvgIpc) is 2.97. The van der Waals surface area contributed by atoms with Crippen LogP contribution in [-0.4, -0.2) is 6.61 Å². The fourth-order valence-corrected chi connectivity index (χ4v) is 2.03. The zero-order valence-electron chi connectivity index (χ0n) is 12.1. The summed E-state index contributed by atoms with van der Waals surface area (Å²) in [7, 11) is 0. The van der Waals surface area contributed by atoms with E-state index in [0.717, 1.165) is 37.6 Å². The summed E-state index contributed by atoms with van der Waals surface area (Å²) in [6.07, 6.45) is 5.27. The van der Waals surface area contributed by atoms with Gasteiger partial charge >= 0.3 is 0 Å². The van der Waals surface area contributed by atoms with Crippen LogP contribution in [0.2, 0.25) is 0 Å². The van der Waals surface area contributed by atoms with Crippen molar-refractivity contribution in [2.45, 2.75) is 39.3 Å². The lowest BCUT2D eigenvalue weighted by Gasteiger charge is -2.08. The highest BCUT2D eigenvalue weighted by atomic mass is 16.5. The number of benzene rings is 1. The first-order valence-electron chi connectivity index (χ1n) is 7.33. The molecule has 0 amide bonds. The van der Waals surface area contributed by atoms with Crippen molar-refractivity contribution in [2.24, 2.45) is 0 Å². The molecule has 1 aromatic carbocycles. The lowest BCUT2D eigenvalue weighted by Crippen LogP contribution is -2.12. The Morgan fingerprint density at radius 2 is 2.05 bits per heavy atom. The van der Waals surface area contributed by atoms with Gasteiger partial charge in [0.25, 0.3) is 0 Å². The third kappa shape index (κ3) is 5.10. The fourth-order valence-electron chi connectivity index (χ4n) is 2.03. The van der Waals surface area contributed by atoms with Crippen LogP contribution in [0.4, 0.5) is 0 Å². The molecule has 3 nitrogen and oxygen atoms in total. The highest BCUT2D eigenvalue weighted by Gasteiger charge is 1.99. The van der Waals surface area contributed by atoms with Crippen molar-refractivity contribution >= 4 is 0 Å². The summed E-state index contributed by atoms with van der Waals surface area (Å²) in [5, 5.41) is 3.36. The van der Waals surface area contributed by atoms with Gasteiger partial charge in [0.2, 0.25) is 0 Å². The monoisotopic (exact) mass is 273 g/mol. The molecule has 0 aliphatic rings. The van der Waals surface area contributed by atoms with Gasteiger partial charge in [-0.2, -0.15) is 0 Å². The number of unbranched alkanes of at least 4 members (excludes halogenated alkanes) is 2. The van der Waals surface area contributed by atoms with Crippen molar-refractivity contribution in [2.75, 3.05) is 6.61 Å². The summed E-state index contributed by atoms with van der Waals surface area (Å²) in [6.45, 7) is 4.56. The predicted octanol–water partition coefficient (Wildman–Crippen LogP) is 4.14. The van der Waals surface area contributed by atoms with Crippen LogP contribution in [0.15, 0.2) is 47.1 Å². The molecule has 0 bridgehead atoms. The van der Waals surface area contributed by atoms with Gasteiger partial charge in [0.05, 0.1) is 19.4 Å². The molecule has 3 heteroatoms. The van der Waals surface area contributed by atoms with Crippen LogP contribution in [0.3, 0.4) is 0 Å². The van der Waals surface area contributed by atoms with Crippen molar-refractivity contribution in [3.05, 3.63) is 54.0 Å². The normalized spacial score (nSPS) is 10.7. The van der Waals surface area contributed by atoms with Crippen LogP contribution in [0.1, 0.15) is 37.5 Å². The molecule has 0 radical (unpaired) electrons. The summed E-state index contributed by atoms with van der Waals surface area (Å²) < 4.78 is 11.0. The van der Waals surface area contributed by atoms with Crippen LogP contribution >= 0.6 is 0 Å². The molecule has 0 spiro atoms. The topological polar surface area (TPSA) is 34.4 Å². The molecule has 2 rings (SSSR count). The van der Waals surface area contributed by atoms with E-state index in [0.29, 0.717) is 0 Å². The standard InChI is InChI=1S/C17H23NO2/c1-2-3-4-10-19-16-8-5-7-15(12-16)13-18-14-17-9-6-11-20-17/h5-9,11-12,18H,2-4,10,13-14H2,1H3. The lowest BCUT2D eigenvalue weighted by atomic mass is 10.2. The maximum Gasteiger partial charge on any atom is 0.119 e. The number of furan rings is 1. The van der Waals surface area contributed by atoms with Crippen LogP contribution in [0, 0.1) is 0 Å². The summed E-state index contributed by atoms with van der Waals surface area (Å²) in [4.78, 5) is 0. The van der Waals surface area contributed by atoms with Gasteiger partial charge < -0.3 is 14.5 Å². The Balaban J connectivity index is 1.74. The third-order valence-corrected chi connectivity index (χ3v) is 3.12. The Kier molecular flexibility index (Phi) is 6.18. The number of nitrogens with one attached hydrogen (secondary N) is 1. The van der Waals surface area contributed by atoms with Crippen molar-refractivity contribution in [1.82, 2.24) is 5.32 Å². The maximum absolute atomic E-state index is 5.75. The summed E-state index contributed by atoms with van der Waals surface area (Å²) in [5.41, 5.74) is 1.23. The van der Waals surface area contributed by atoms with Crippen molar-refractivity contribution in [3.8, 4) is 5.75 Å². The summed E-state index contributed by atoms with van der Waals surface area (Å²) in [5.74, 6) is 1.91. The Bertz CT molecular complexity index is 479. The van der Waals surface area contributed by atoms with E-state index in [2.05, 4.69) is 24.4 Å². The number of ether oxygens (including phenoxy) is 1. The minimum absolute atomic E-state index is 0.745. The van der Waals surface area contributed by atoms with Crippen LogP contribution in [-0.2, 0) is 13.1 Å². The quantitative estimate of drug-likeness (QED) is 0.697. The molecule has 0 fully saturated rings. The Morgan fingerprint density at radius 3 is 2.85 bits per heavy atom. The molecule has 0 saturated heterocycles. The zero-order chi connectivity index (χ0) is 14.0. The SMILES string of the molecule is CCCCCOc1cccc(CNCc2ccco2)c1. The Morgan fingerprint density at radius 1 is 1.10 bits per heavy atom. The van der Waals surface area contributed by atoms with Gasteiger partial charge in [-0.25, -0.2) is 0 Å². The second-order valence-corrected chi connectivity index (χ2v) is 4.89. The first kappa shape index (κ1) is 14.7. The van der Waals surface area contributed by atoms with Gasteiger partial charge in [-0.15, -0.1) is 0 Å². The van der Waals surface area contributed by atoms with Gasteiger partial charge in [-0.1, -0.05) is 31.9 Å². The molecule has 1 aromatic heterocycles. The molecule has 0 aliphatic heterocycles. The van der Waals surface area contributed by atoms with E-state index in [-0.39, 0.29) is 0 Å². The van der Waals surface area contributed by atoms with E-state index >= 15 is 0 Å². The Hall–Kier alpha value is -1.74. The van der Waals surface area contributed by atoms with E-state index in [1.54, 1.807) is 6.26 Å². The van der Waals surface area contributed by atoms with Gasteiger partial charge in [0.15, 0.2) is 0 Å². The van der Waals surface area contributed by atoms with Gasteiger partial charge in [0.1, 0.15) is 11.5 Å². The first-order valence-corrected chi connectivity index (χ1v) is 7.33. The first-order chi connectivity index (χ1) is 9.88. The zero-order valence-corrected chi connectivity index (χ0v) is 12.1. The summed E-state index contributed by atoms with van der Waals surface area (Å²) >= 11 is 0. The third-order valence-electron chi connectivity index (χ3n) is 3.12. The molecule has 20 heavy (non-hydrogen) atoms.